The summed E-state index contributed by atoms with van der Waals surface area (Å²) >= 11 is 0. The molecule has 0 saturated carbocycles. The van der Waals surface area contributed by atoms with Crippen LogP contribution in [0.2, 0.25) is 0 Å². The molecule has 1 unspecified atom stereocenters. The van der Waals surface area contributed by atoms with Gasteiger partial charge >= 0.3 is 0 Å². The Hall–Kier alpha value is -1.97. The Morgan fingerprint density at radius 1 is 1.29 bits per heavy atom. The molecule has 3 rings (SSSR count). The average Bonchev–Trinajstić information content (AvgIpc) is 2.61. The van der Waals surface area contributed by atoms with Gasteiger partial charge in [-0.1, -0.05) is 18.2 Å². The van der Waals surface area contributed by atoms with Gasteiger partial charge in [-0.05, 0) is 6.07 Å². The molecule has 1 N–H and O–H groups in total. The molecule has 2 aliphatic rings. The van der Waals surface area contributed by atoms with Gasteiger partial charge in [0, 0.05) is 17.5 Å². The van der Waals surface area contributed by atoms with Crippen LogP contribution in [0.5, 0.6) is 0 Å². The minimum Gasteiger partial charge on any atom is -0.361 e. The molecule has 0 radical (unpaired) electrons. The lowest BCUT2D eigenvalue weighted by Crippen LogP contribution is -2.11. The summed E-state index contributed by atoms with van der Waals surface area (Å²) in [6.45, 7) is 0. The second-order valence-electron chi connectivity index (χ2n) is 3.25. The van der Waals surface area contributed by atoms with E-state index >= 15 is 0 Å². The van der Waals surface area contributed by atoms with Crippen molar-refractivity contribution in [1.29, 1.82) is 0 Å². The van der Waals surface area contributed by atoms with Crippen molar-refractivity contribution < 1.29 is 4.79 Å². The van der Waals surface area contributed by atoms with E-state index in [0.29, 0.717) is 5.57 Å². The lowest BCUT2D eigenvalue weighted by molar-refractivity contribution is -0.114. The molecule has 0 aliphatic carbocycles. The van der Waals surface area contributed by atoms with Gasteiger partial charge in [0.2, 0.25) is 0 Å². The second kappa shape index (κ2) is 2.51. The second-order valence-corrected chi connectivity index (χ2v) is 3.25. The van der Waals surface area contributed by atoms with Crippen LogP contribution in [-0.4, -0.2) is 5.91 Å². The SMILES string of the molecule is O=C1N=NC2C1=CNc1ccccc12. The van der Waals surface area contributed by atoms with E-state index in [1.807, 2.05) is 24.3 Å². The van der Waals surface area contributed by atoms with Crippen LogP contribution in [0.15, 0.2) is 46.3 Å². The van der Waals surface area contributed by atoms with Crippen molar-refractivity contribution >= 4 is 11.6 Å². The van der Waals surface area contributed by atoms with Crippen molar-refractivity contribution in [2.75, 3.05) is 5.32 Å². The van der Waals surface area contributed by atoms with Crippen molar-refractivity contribution in [2.24, 2.45) is 10.2 Å². The summed E-state index contributed by atoms with van der Waals surface area (Å²) in [6.07, 6.45) is 1.69. The standard InChI is InChI=1S/C10H7N3O/c14-10-7-5-11-8-4-2-1-3-6(8)9(7)12-13-10/h1-5,9,11H. The van der Waals surface area contributed by atoms with E-state index < -0.39 is 0 Å². The first-order chi connectivity index (χ1) is 6.86. The molecule has 4 nitrogen and oxygen atoms in total. The molecule has 1 aromatic rings. The first-order valence-corrected chi connectivity index (χ1v) is 4.37. The Labute approximate surface area is 80.3 Å². The smallest absolute Gasteiger partial charge is 0.295 e. The zero-order valence-corrected chi connectivity index (χ0v) is 7.27. The Kier molecular flexibility index (Phi) is 1.33. The Morgan fingerprint density at radius 2 is 2.14 bits per heavy atom. The molecule has 68 valence electrons. The minimum absolute atomic E-state index is 0.194. The molecule has 4 heteroatoms. The van der Waals surface area contributed by atoms with Crippen LogP contribution >= 0.6 is 0 Å². The fourth-order valence-corrected chi connectivity index (χ4v) is 1.74. The van der Waals surface area contributed by atoms with Crippen LogP contribution in [0.3, 0.4) is 0 Å². The number of azo groups is 1. The summed E-state index contributed by atoms with van der Waals surface area (Å²) in [7, 11) is 0. The summed E-state index contributed by atoms with van der Waals surface area (Å²) < 4.78 is 0. The van der Waals surface area contributed by atoms with Gasteiger partial charge < -0.3 is 5.32 Å². The third kappa shape index (κ3) is 0.849. The Bertz CT molecular complexity index is 476. The van der Waals surface area contributed by atoms with Gasteiger partial charge in [-0.2, -0.15) is 5.11 Å². The van der Waals surface area contributed by atoms with Gasteiger partial charge in [-0.15, -0.1) is 5.11 Å². The lowest BCUT2D eigenvalue weighted by Gasteiger charge is -2.18. The van der Waals surface area contributed by atoms with E-state index in [-0.39, 0.29) is 11.9 Å². The van der Waals surface area contributed by atoms with Gasteiger partial charge in [-0.3, -0.25) is 4.79 Å². The van der Waals surface area contributed by atoms with Gasteiger partial charge in [0.05, 0.1) is 5.57 Å². The van der Waals surface area contributed by atoms with Crippen molar-refractivity contribution in [3.8, 4) is 0 Å². The maximum absolute atomic E-state index is 11.2. The maximum atomic E-state index is 11.2. The number of anilines is 1. The highest BCUT2D eigenvalue weighted by molar-refractivity contribution is 5.98. The molecule has 0 bridgehead atoms. The molecule has 0 aromatic heterocycles. The van der Waals surface area contributed by atoms with Crippen molar-refractivity contribution in [3.63, 3.8) is 0 Å². The number of nitrogens with one attached hydrogen (secondary N) is 1. The van der Waals surface area contributed by atoms with E-state index in [4.69, 9.17) is 0 Å². The van der Waals surface area contributed by atoms with Crippen LogP contribution in [0, 0.1) is 0 Å². The number of carbonyl (C=O) groups excluding carboxylic acids is 1. The molecule has 1 aromatic carbocycles. The molecular weight excluding hydrogens is 178 g/mol. The number of benzene rings is 1. The van der Waals surface area contributed by atoms with Crippen molar-refractivity contribution in [2.45, 2.75) is 6.04 Å². The highest BCUT2D eigenvalue weighted by Gasteiger charge is 2.32. The molecule has 1 atom stereocenters. The molecule has 0 fully saturated rings. The summed E-state index contributed by atoms with van der Waals surface area (Å²) in [4.78, 5) is 11.2. The fourth-order valence-electron chi connectivity index (χ4n) is 1.74. The first kappa shape index (κ1) is 7.44. The minimum atomic E-state index is -0.239. The fraction of sp³-hybridized carbons (Fsp3) is 0.100. The van der Waals surface area contributed by atoms with Gasteiger partial charge in [0.15, 0.2) is 0 Å². The van der Waals surface area contributed by atoms with Gasteiger partial charge in [0.1, 0.15) is 6.04 Å². The van der Waals surface area contributed by atoms with Crippen molar-refractivity contribution in [3.05, 3.63) is 41.6 Å². The highest BCUT2D eigenvalue weighted by Crippen LogP contribution is 2.38. The zero-order chi connectivity index (χ0) is 9.54. The van der Waals surface area contributed by atoms with Crippen LogP contribution in [0.4, 0.5) is 5.69 Å². The Morgan fingerprint density at radius 3 is 3.07 bits per heavy atom. The number of carbonyl (C=O) groups is 1. The van der Waals surface area contributed by atoms with Crippen LogP contribution in [-0.2, 0) is 4.79 Å². The van der Waals surface area contributed by atoms with E-state index in [1.54, 1.807) is 6.20 Å². The third-order valence-corrected chi connectivity index (χ3v) is 2.44. The number of hydrogen-bond acceptors (Lipinski definition) is 3. The average molecular weight is 185 g/mol. The van der Waals surface area contributed by atoms with Gasteiger partial charge in [-0.25, -0.2) is 0 Å². The van der Waals surface area contributed by atoms with Gasteiger partial charge in [0.25, 0.3) is 5.91 Å². The molecule has 0 saturated heterocycles. The largest absolute Gasteiger partial charge is 0.361 e. The lowest BCUT2D eigenvalue weighted by atomic mass is 9.96. The highest BCUT2D eigenvalue weighted by atomic mass is 16.2. The summed E-state index contributed by atoms with van der Waals surface area (Å²) in [5.74, 6) is -0.239. The van der Waals surface area contributed by atoms with Crippen LogP contribution < -0.4 is 5.32 Å². The number of nitrogens with zero attached hydrogens (tertiary/aromatic N) is 2. The quantitative estimate of drug-likeness (QED) is 0.672. The number of fused-ring (bicyclic) bond motifs is 3. The molecule has 2 aliphatic heterocycles. The molecule has 2 heterocycles. The number of amides is 1. The van der Waals surface area contributed by atoms with E-state index in [0.717, 1.165) is 11.3 Å². The molecular formula is C10H7N3O. The molecule has 1 amide bonds. The van der Waals surface area contributed by atoms with E-state index in [1.165, 1.54) is 0 Å². The summed E-state index contributed by atoms with van der Waals surface area (Å²) in [6, 6.07) is 7.60. The number of para-hydroxylation sites is 1. The van der Waals surface area contributed by atoms with Crippen molar-refractivity contribution in [1.82, 2.24) is 0 Å². The number of rotatable bonds is 0. The zero-order valence-electron chi connectivity index (χ0n) is 7.27. The monoisotopic (exact) mass is 185 g/mol. The van der Waals surface area contributed by atoms with Crippen LogP contribution in [0.25, 0.3) is 0 Å². The third-order valence-electron chi connectivity index (χ3n) is 2.44. The maximum Gasteiger partial charge on any atom is 0.295 e. The molecule has 14 heavy (non-hydrogen) atoms. The van der Waals surface area contributed by atoms with E-state index in [2.05, 4.69) is 15.5 Å². The normalized spacial score (nSPS) is 22.4. The number of hydrogen-bond donors (Lipinski definition) is 1. The Balaban J connectivity index is 2.18. The predicted octanol–water partition coefficient (Wildman–Crippen LogP) is 2.03. The van der Waals surface area contributed by atoms with Crippen LogP contribution in [0.1, 0.15) is 11.6 Å². The van der Waals surface area contributed by atoms with E-state index in [9.17, 15) is 4.79 Å². The predicted molar refractivity (Wildman–Crippen MR) is 50.8 cm³/mol. The summed E-state index contributed by atoms with van der Waals surface area (Å²) in [5, 5.41) is 10.6. The first-order valence-electron chi connectivity index (χ1n) is 4.37. The molecule has 0 spiro atoms. The topological polar surface area (TPSA) is 53.8 Å². The summed E-state index contributed by atoms with van der Waals surface area (Å²) in [5.41, 5.74) is 2.64.